The molecular weight excluding hydrogens is 437 g/mol. The SMILES string of the molecule is C=CCCc1ccccc1[C@@H]([C@@H](C)/[N+]([O-])=C/c1ccccc1)[Se](=O)c1ccccc1. The van der Waals surface area contributed by atoms with E-state index in [0.717, 1.165) is 38.7 Å². The average Bonchev–Trinajstić information content (AvgIpc) is 2.79. The minimum atomic E-state index is -2.56. The molecule has 0 aromatic heterocycles. The third-order valence-corrected chi connectivity index (χ3v) is 8.97. The normalized spacial score (nSPS) is 14.6. The number of nitrogens with zero attached hydrogens (tertiary/aromatic N) is 1. The van der Waals surface area contributed by atoms with Crippen LogP contribution in [-0.2, 0) is 10.3 Å². The van der Waals surface area contributed by atoms with Crippen LogP contribution in [0.2, 0.25) is 0 Å². The molecule has 0 aliphatic carbocycles. The molecule has 3 nitrogen and oxygen atoms in total. The number of hydrogen-bond donors (Lipinski definition) is 0. The van der Waals surface area contributed by atoms with Crippen LogP contribution in [-0.4, -0.2) is 30.8 Å². The van der Waals surface area contributed by atoms with Crippen LogP contribution >= 0.6 is 0 Å². The van der Waals surface area contributed by atoms with Crippen LogP contribution in [0.5, 0.6) is 0 Å². The van der Waals surface area contributed by atoms with Gasteiger partial charge in [0.05, 0.1) is 0 Å². The molecule has 3 rings (SSSR count). The van der Waals surface area contributed by atoms with Crippen LogP contribution < -0.4 is 4.46 Å². The predicted molar refractivity (Wildman–Crippen MR) is 125 cm³/mol. The van der Waals surface area contributed by atoms with Crippen LogP contribution in [0.15, 0.2) is 97.6 Å². The molecule has 0 N–H and O–H groups in total. The first kappa shape index (κ1) is 21.9. The van der Waals surface area contributed by atoms with Gasteiger partial charge in [0.1, 0.15) is 0 Å². The van der Waals surface area contributed by atoms with E-state index in [1.54, 1.807) is 6.21 Å². The van der Waals surface area contributed by atoms with Crippen molar-refractivity contribution in [3.8, 4) is 0 Å². The third kappa shape index (κ3) is 5.41. The Morgan fingerprint density at radius 2 is 1.57 bits per heavy atom. The molecule has 4 heteroatoms. The zero-order valence-electron chi connectivity index (χ0n) is 17.2. The summed E-state index contributed by atoms with van der Waals surface area (Å²) in [5.41, 5.74) is 2.96. The summed E-state index contributed by atoms with van der Waals surface area (Å²) < 4.78 is 15.6. The van der Waals surface area contributed by atoms with Crippen molar-refractivity contribution in [3.05, 3.63) is 119 Å². The maximum absolute atomic E-state index is 13.8. The molecule has 30 heavy (non-hydrogen) atoms. The summed E-state index contributed by atoms with van der Waals surface area (Å²) in [5, 5.41) is 13.1. The summed E-state index contributed by atoms with van der Waals surface area (Å²) in [6.45, 7) is 5.70. The van der Waals surface area contributed by atoms with Gasteiger partial charge in [-0.2, -0.15) is 0 Å². The van der Waals surface area contributed by atoms with Crippen molar-refractivity contribution in [2.45, 2.75) is 30.6 Å². The second-order valence-electron chi connectivity index (χ2n) is 7.20. The third-order valence-electron chi connectivity index (χ3n) is 5.10. The summed E-state index contributed by atoms with van der Waals surface area (Å²) in [4.78, 5) is -0.370. The summed E-state index contributed by atoms with van der Waals surface area (Å²) >= 11 is -2.56. The molecule has 3 atom stereocenters. The molecule has 0 heterocycles. The van der Waals surface area contributed by atoms with E-state index in [2.05, 4.69) is 12.6 Å². The second kappa shape index (κ2) is 10.8. The Hall–Kier alpha value is -2.81. The molecule has 0 radical (unpaired) electrons. The Balaban J connectivity index is 2.05. The van der Waals surface area contributed by atoms with Crippen molar-refractivity contribution in [2.75, 3.05) is 0 Å². The summed E-state index contributed by atoms with van der Waals surface area (Å²) in [6, 6.07) is 26.6. The molecule has 3 aromatic carbocycles. The van der Waals surface area contributed by atoms with Crippen LogP contribution in [0, 0.1) is 5.21 Å². The molecule has 154 valence electrons. The van der Waals surface area contributed by atoms with E-state index in [1.165, 1.54) is 0 Å². The zero-order chi connectivity index (χ0) is 21.3. The van der Waals surface area contributed by atoms with E-state index in [4.69, 9.17) is 0 Å². The Labute approximate surface area is 183 Å². The van der Waals surface area contributed by atoms with Crippen molar-refractivity contribution in [3.63, 3.8) is 0 Å². The fourth-order valence-corrected chi connectivity index (χ4v) is 6.97. The van der Waals surface area contributed by atoms with Gasteiger partial charge in [0, 0.05) is 0 Å². The predicted octanol–water partition coefficient (Wildman–Crippen LogP) is 4.78. The Bertz CT molecular complexity index is 1020. The number of rotatable bonds is 9. The van der Waals surface area contributed by atoms with Crippen molar-refractivity contribution >= 4 is 24.5 Å². The van der Waals surface area contributed by atoms with E-state index in [9.17, 15) is 9.04 Å². The number of benzene rings is 3. The molecular formula is C26H27NO2Se. The molecule has 0 aliphatic rings. The van der Waals surface area contributed by atoms with Gasteiger partial charge in [-0.25, -0.2) is 0 Å². The van der Waals surface area contributed by atoms with Crippen LogP contribution in [0.1, 0.15) is 34.9 Å². The van der Waals surface area contributed by atoms with Gasteiger partial charge in [-0.15, -0.1) is 0 Å². The number of hydrogen-bond acceptors (Lipinski definition) is 2. The molecule has 0 fully saturated rings. The van der Waals surface area contributed by atoms with E-state index in [1.807, 2.05) is 91.9 Å². The van der Waals surface area contributed by atoms with Gasteiger partial charge < -0.3 is 0 Å². The summed E-state index contributed by atoms with van der Waals surface area (Å²) in [5.74, 6) is 0. The fourth-order valence-electron chi connectivity index (χ4n) is 3.49. The van der Waals surface area contributed by atoms with Crippen molar-refractivity contribution in [1.82, 2.24) is 0 Å². The standard InChI is InChI=1S/C26H27NO2Se/c1-3-4-15-23-16-11-12-19-25(23)26(30(29)24-17-9-6-10-18-24)21(2)27(28)20-22-13-7-5-8-14-22/h3,5-14,16-21,26H,1,4,15H2,2H3/b27-20-/t21-,26-,30?/m1/s1. The fraction of sp³-hybridized carbons (Fsp3) is 0.192. The van der Waals surface area contributed by atoms with E-state index < -0.39 is 19.9 Å². The van der Waals surface area contributed by atoms with Gasteiger partial charge >= 0.3 is 183 Å². The minimum absolute atomic E-state index is 0.370. The Morgan fingerprint density at radius 1 is 0.967 bits per heavy atom. The number of aryl methyl sites for hydroxylation is 1. The molecule has 0 aliphatic heterocycles. The van der Waals surface area contributed by atoms with Crippen molar-refractivity contribution in [2.24, 2.45) is 0 Å². The van der Waals surface area contributed by atoms with Gasteiger partial charge in [0.25, 0.3) is 0 Å². The molecule has 0 spiro atoms. The number of hydroxylamine groups is 1. The van der Waals surface area contributed by atoms with Gasteiger partial charge in [-0.3, -0.25) is 0 Å². The Morgan fingerprint density at radius 3 is 2.23 bits per heavy atom. The maximum atomic E-state index is 13.8. The summed E-state index contributed by atoms with van der Waals surface area (Å²) in [6.07, 6.45) is 5.14. The molecule has 0 bridgehead atoms. The molecule has 0 saturated carbocycles. The monoisotopic (exact) mass is 465 g/mol. The second-order valence-corrected chi connectivity index (χ2v) is 10.5. The van der Waals surface area contributed by atoms with Crippen LogP contribution in [0.4, 0.5) is 0 Å². The van der Waals surface area contributed by atoms with E-state index in [-0.39, 0.29) is 4.82 Å². The first-order valence-electron chi connectivity index (χ1n) is 10.1. The quantitative estimate of drug-likeness (QED) is 0.114. The van der Waals surface area contributed by atoms with Gasteiger partial charge in [-0.1, -0.05) is 0 Å². The zero-order valence-corrected chi connectivity index (χ0v) is 18.9. The van der Waals surface area contributed by atoms with Crippen LogP contribution in [0.3, 0.4) is 0 Å². The van der Waals surface area contributed by atoms with Gasteiger partial charge in [0.2, 0.25) is 0 Å². The first-order chi connectivity index (χ1) is 14.6. The summed E-state index contributed by atoms with van der Waals surface area (Å²) in [7, 11) is 0. The van der Waals surface area contributed by atoms with Gasteiger partial charge in [-0.05, 0) is 0 Å². The molecule has 0 saturated heterocycles. The number of allylic oxidation sites excluding steroid dienone is 1. The van der Waals surface area contributed by atoms with E-state index in [0.29, 0.717) is 0 Å². The first-order valence-corrected chi connectivity index (χ1v) is 12.7. The topological polar surface area (TPSA) is 43.1 Å². The molecule has 0 amide bonds. The molecule has 1 unspecified atom stereocenters. The average molecular weight is 464 g/mol. The van der Waals surface area contributed by atoms with Gasteiger partial charge in [0.15, 0.2) is 0 Å². The van der Waals surface area contributed by atoms with Crippen LogP contribution in [0.25, 0.3) is 0 Å². The Kier molecular flexibility index (Phi) is 7.89. The van der Waals surface area contributed by atoms with Crippen molar-refractivity contribution in [1.29, 1.82) is 0 Å². The van der Waals surface area contributed by atoms with E-state index >= 15 is 0 Å². The van der Waals surface area contributed by atoms with Crippen molar-refractivity contribution < 1.29 is 8.57 Å². The molecule has 3 aromatic rings.